The Kier molecular flexibility index (Phi) is 5.90. The Morgan fingerprint density at radius 2 is 1.83 bits per heavy atom. The molecule has 0 radical (unpaired) electrons. The molecular weight excluding hydrogens is 378 g/mol. The van der Waals surface area contributed by atoms with Gasteiger partial charge >= 0.3 is 5.69 Å². The molecule has 1 atom stereocenters. The third kappa shape index (κ3) is 3.86. The first kappa shape index (κ1) is 20.6. The normalized spacial score (nSPS) is 17.6. The molecule has 2 aromatic heterocycles. The van der Waals surface area contributed by atoms with Crippen molar-refractivity contribution in [2.75, 3.05) is 6.54 Å². The Morgan fingerprint density at radius 1 is 1.07 bits per heavy atom. The van der Waals surface area contributed by atoms with Gasteiger partial charge in [-0.25, -0.2) is 9.78 Å². The van der Waals surface area contributed by atoms with Crippen LogP contribution in [0.4, 0.5) is 0 Å². The molecule has 4 rings (SSSR count). The SMILES string of the molecule is C[C@H]1CCCCN1Cc1nc2c(c(=O)n(C)c(=O)n2C)n1CCCc1ccccc1. The van der Waals surface area contributed by atoms with Gasteiger partial charge in [0.15, 0.2) is 11.2 Å². The van der Waals surface area contributed by atoms with Crippen LogP contribution in [0.15, 0.2) is 39.9 Å². The molecule has 1 aliphatic rings. The molecule has 30 heavy (non-hydrogen) atoms. The molecule has 0 unspecified atom stereocenters. The van der Waals surface area contributed by atoms with E-state index in [-0.39, 0.29) is 11.2 Å². The van der Waals surface area contributed by atoms with E-state index in [4.69, 9.17) is 4.98 Å². The van der Waals surface area contributed by atoms with Gasteiger partial charge in [0.05, 0.1) is 6.54 Å². The van der Waals surface area contributed by atoms with Gasteiger partial charge in [-0.1, -0.05) is 36.8 Å². The van der Waals surface area contributed by atoms with Crippen molar-refractivity contribution in [1.82, 2.24) is 23.6 Å². The molecular formula is C23H31N5O2. The lowest BCUT2D eigenvalue weighted by molar-refractivity contribution is 0.147. The molecule has 7 heteroatoms. The van der Waals surface area contributed by atoms with Crippen LogP contribution in [0.25, 0.3) is 11.2 Å². The minimum absolute atomic E-state index is 0.266. The second-order valence-corrected chi connectivity index (χ2v) is 8.46. The van der Waals surface area contributed by atoms with E-state index in [0.29, 0.717) is 30.3 Å². The van der Waals surface area contributed by atoms with Gasteiger partial charge in [-0.2, -0.15) is 0 Å². The van der Waals surface area contributed by atoms with Crippen LogP contribution in [0, 0.1) is 0 Å². The first-order chi connectivity index (χ1) is 14.5. The van der Waals surface area contributed by atoms with Crippen molar-refractivity contribution >= 4 is 11.2 Å². The number of hydrogen-bond donors (Lipinski definition) is 0. The van der Waals surface area contributed by atoms with E-state index in [1.54, 1.807) is 7.05 Å². The monoisotopic (exact) mass is 409 g/mol. The topological polar surface area (TPSA) is 65.1 Å². The molecule has 0 N–H and O–H groups in total. The van der Waals surface area contributed by atoms with Crippen LogP contribution in [-0.2, 0) is 33.6 Å². The zero-order valence-corrected chi connectivity index (χ0v) is 18.2. The van der Waals surface area contributed by atoms with Crippen molar-refractivity contribution in [3.63, 3.8) is 0 Å². The lowest BCUT2D eigenvalue weighted by atomic mass is 10.0. The molecule has 7 nitrogen and oxygen atoms in total. The van der Waals surface area contributed by atoms with Gasteiger partial charge < -0.3 is 4.57 Å². The summed E-state index contributed by atoms with van der Waals surface area (Å²) in [6.45, 7) is 4.72. The van der Waals surface area contributed by atoms with Crippen molar-refractivity contribution in [3.8, 4) is 0 Å². The zero-order valence-electron chi connectivity index (χ0n) is 18.2. The number of aryl methyl sites for hydroxylation is 3. The fourth-order valence-electron chi connectivity index (χ4n) is 4.51. The molecule has 1 aliphatic heterocycles. The highest BCUT2D eigenvalue weighted by Gasteiger charge is 2.24. The van der Waals surface area contributed by atoms with Gasteiger partial charge in [0.2, 0.25) is 0 Å². The van der Waals surface area contributed by atoms with Gasteiger partial charge in [-0.15, -0.1) is 0 Å². The number of hydrogen-bond acceptors (Lipinski definition) is 4. The van der Waals surface area contributed by atoms with E-state index in [0.717, 1.165) is 25.2 Å². The molecule has 0 amide bonds. The molecule has 3 heterocycles. The number of likely N-dealkylation sites (tertiary alicyclic amines) is 1. The predicted octanol–water partition coefficient (Wildman–Crippen LogP) is 2.44. The van der Waals surface area contributed by atoms with Gasteiger partial charge in [0, 0.05) is 26.7 Å². The number of fused-ring (bicyclic) bond motifs is 1. The Morgan fingerprint density at radius 3 is 2.57 bits per heavy atom. The predicted molar refractivity (Wildman–Crippen MR) is 119 cm³/mol. The third-order valence-electron chi connectivity index (χ3n) is 6.40. The fourth-order valence-corrected chi connectivity index (χ4v) is 4.51. The van der Waals surface area contributed by atoms with Crippen LogP contribution in [0.5, 0.6) is 0 Å². The molecule has 3 aromatic rings. The van der Waals surface area contributed by atoms with E-state index in [1.165, 1.54) is 41.0 Å². The summed E-state index contributed by atoms with van der Waals surface area (Å²) in [5, 5.41) is 0. The summed E-state index contributed by atoms with van der Waals surface area (Å²) in [7, 11) is 3.23. The first-order valence-corrected chi connectivity index (χ1v) is 10.9. The highest BCUT2D eigenvalue weighted by Crippen LogP contribution is 2.21. The summed E-state index contributed by atoms with van der Waals surface area (Å²) in [5.41, 5.74) is 1.71. The van der Waals surface area contributed by atoms with Crippen molar-refractivity contribution in [1.29, 1.82) is 0 Å². The summed E-state index contributed by atoms with van der Waals surface area (Å²) in [6, 6.07) is 10.9. The van der Waals surface area contributed by atoms with Crippen LogP contribution < -0.4 is 11.2 Å². The summed E-state index contributed by atoms with van der Waals surface area (Å²) in [5.74, 6) is 0.880. The second-order valence-electron chi connectivity index (χ2n) is 8.46. The summed E-state index contributed by atoms with van der Waals surface area (Å²) < 4.78 is 4.74. The quantitative estimate of drug-likeness (QED) is 0.627. The highest BCUT2D eigenvalue weighted by atomic mass is 16.2. The van der Waals surface area contributed by atoms with E-state index in [1.807, 2.05) is 6.07 Å². The van der Waals surface area contributed by atoms with Crippen molar-refractivity contribution < 1.29 is 0 Å². The van der Waals surface area contributed by atoms with Gasteiger partial charge in [-0.3, -0.25) is 18.8 Å². The van der Waals surface area contributed by atoms with Crippen LogP contribution in [0.3, 0.4) is 0 Å². The summed E-state index contributed by atoms with van der Waals surface area (Å²) in [6.07, 6.45) is 5.49. The number of nitrogens with zero attached hydrogens (tertiary/aromatic N) is 5. The van der Waals surface area contributed by atoms with E-state index < -0.39 is 0 Å². The van der Waals surface area contributed by atoms with Gasteiger partial charge in [0.25, 0.3) is 5.56 Å². The Bertz CT molecular complexity index is 1140. The fraction of sp³-hybridized carbons (Fsp3) is 0.522. The van der Waals surface area contributed by atoms with E-state index >= 15 is 0 Å². The third-order valence-corrected chi connectivity index (χ3v) is 6.40. The molecule has 0 spiro atoms. The van der Waals surface area contributed by atoms with Crippen molar-refractivity contribution in [2.24, 2.45) is 14.1 Å². The Hall–Kier alpha value is -2.67. The minimum Gasteiger partial charge on any atom is -0.321 e. The number of benzene rings is 1. The molecule has 1 fully saturated rings. The van der Waals surface area contributed by atoms with Crippen molar-refractivity contribution in [3.05, 3.63) is 62.6 Å². The van der Waals surface area contributed by atoms with Crippen molar-refractivity contribution in [2.45, 2.75) is 58.2 Å². The van der Waals surface area contributed by atoms with Crippen LogP contribution in [0.2, 0.25) is 0 Å². The first-order valence-electron chi connectivity index (χ1n) is 10.9. The average molecular weight is 410 g/mol. The number of aromatic nitrogens is 4. The molecule has 0 saturated carbocycles. The van der Waals surface area contributed by atoms with E-state index in [2.05, 4.69) is 40.7 Å². The molecule has 0 aliphatic carbocycles. The molecule has 1 saturated heterocycles. The lowest BCUT2D eigenvalue weighted by Gasteiger charge is -2.33. The number of piperidine rings is 1. The second kappa shape index (κ2) is 8.60. The Balaban J connectivity index is 1.72. The summed E-state index contributed by atoms with van der Waals surface area (Å²) in [4.78, 5) is 32.7. The van der Waals surface area contributed by atoms with Crippen LogP contribution >= 0.6 is 0 Å². The van der Waals surface area contributed by atoms with E-state index in [9.17, 15) is 9.59 Å². The van der Waals surface area contributed by atoms with Crippen LogP contribution in [-0.4, -0.2) is 36.2 Å². The smallest absolute Gasteiger partial charge is 0.321 e. The number of imidazole rings is 1. The maximum atomic E-state index is 13.0. The summed E-state index contributed by atoms with van der Waals surface area (Å²) >= 11 is 0. The number of rotatable bonds is 6. The van der Waals surface area contributed by atoms with Crippen LogP contribution in [0.1, 0.15) is 44.0 Å². The zero-order chi connectivity index (χ0) is 21.3. The molecule has 0 bridgehead atoms. The largest absolute Gasteiger partial charge is 0.332 e. The van der Waals surface area contributed by atoms with Gasteiger partial charge in [-0.05, 0) is 44.7 Å². The Labute approximate surface area is 176 Å². The standard InChI is InChI=1S/C23H31N5O2/c1-17-10-7-8-14-27(17)16-19-24-21-20(22(29)26(3)23(30)25(21)2)28(19)15-9-13-18-11-5-4-6-12-18/h4-6,11-12,17H,7-10,13-16H2,1-3H3/t17-/m0/s1. The maximum absolute atomic E-state index is 13.0. The molecule has 1 aromatic carbocycles. The lowest BCUT2D eigenvalue weighted by Crippen LogP contribution is -2.38. The minimum atomic E-state index is -0.334. The highest BCUT2D eigenvalue weighted by molar-refractivity contribution is 5.71. The molecule has 160 valence electrons. The maximum Gasteiger partial charge on any atom is 0.332 e. The van der Waals surface area contributed by atoms with Gasteiger partial charge in [0.1, 0.15) is 5.82 Å². The average Bonchev–Trinajstić information content (AvgIpc) is 3.11.